The fourth-order valence-electron chi connectivity index (χ4n) is 2.71. The number of para-hydroxylation sites is 1. The van der Waals surface area contributed by atoms with Crippen molar-refractivity contribution < 1.29 is 13.9 Å². The zero-order valence-corrected chi connectivity index (χ0v) is 13.8. The Kier molecular flexibility index (Phi) is 7.29. The van der Waals surface area contributed by atoms with E-state index in [1.54, 1.807) is 13.2 Å². The quantitative estimate of drug-likeness (QED) is 0.736. The number of halogens is 1. The lowest BCUT2D eigenvalue weighted by Gasteiger charge is -2.36. The van der Waals surface area contributed by atoms with Gasteiger partial charge in [0.05, 0.1) is 5.69 Å². The Hall–Kier alpha value is -1.66. The van der Waals surface area contributed by atoms with Crippen molar-refractivity contribution in [2.24, 2.45) is 0 Å². The number of nitrogens with one attached hydrogen (secondary N) is 1. The molecule has 128 valence electrons. The molecular formula is C17H26FN3O2. The summed E-state index contributed by atoms with van der Waals surface area (Å²) in [7, 11) is 1.66. The van der Waals surface area contributed by atoms with Gasteiger partial charge in [-0.1, -0.05) is 12.1 Å². The zero-order chi connectivity index (χ0) is 16.5. The molecule has 0 unspecified atom stereocenters. The Balaban J connectivity index is 1.65. The number of amides is 1. The number of benzene rings is 1. The van der Waals surface area contributed by atoms with Crippen molar-refractivity contribution in [1.82, 2.24) is 10.2 Å². The Morgan fingerprint density at radius 3 is 2.70 bits per heavy atom. The van der Waals surface area contributed by atoms with Crippen LogP contribution in [0.2, 0.25) is 0 Å². The van der Waals surface area contributed by atoms with E-state index in [2.05, 4.69) is 15.1 Å². The van der Waals surface area contributed by atoms with E-state index >= 15 is 0 Å². The average Bonchev–Trinajstić information content (AvgIpc) is 2.58. The molecule has 0 atom stereocenters. The van der Waals surface area contributed by atoms with Crippen molar-refractivity contribution in [3.63, 3.8) is 0 Å². The topological polar surface area (TPSA) is 44.8 Å². The lowest BCUT2D eigenvalue weighted by atomic mass is 10.2. The summed E-state index contributed by atoms with van der Waals surface area (Å²) in [6.45, 7) is 5.36. The highest BCUT2D eigenvalue weighted by Gasteiger charge is 2.19. The monoisotopic (exact) mass is 323 g/mol. The molecule has 0 aromatic heterocycles. The second-order valence-electron chi connectivity index (χ2n) is 5.73. The van der Waals surface area contributed by atoms with Gasteiger partial charge in [-0.3, -0.25) is 9.69 Å². The second kappa shape index (κ2) is 9.47. The van der Waals surface area contributed by atoms with E-state index in [0.29, 0.717) is 25.3 Å². The van der Waals surface area contributed by atoms with E-state index in [0.717, 1.165) is 39.1 Å². The first-order chi connectivity index (χ1) is 11.2. The Morgan fingerprint density at radius 2 is 2.00 bits per heavy atom. The molecule has 1 amide bonds. The first-order valence-electron chi connectivity index (χ1n) is 8.18. The van der Waals surface area contributed by atoms with Crippen LogP contribution >= 0.6 is 0 Å². The third-order valence-electron chi connectivity index (χ3n) is 4.07. The molecule has 1 N–H and O–H groups in total. The predicted octanol–water partition coefficient (Wildman–Crippen LogP) is 1.49. The molecule has 1 aliphatic rings. The molecule has 0 spiro atoms. The summed E-state index contributed by atoms with van der Waals surface area (Å²) >= 11 is 0. The van der Waals surface area contributed by atoms with Gasteiger partial charge in [-0.25, -0.2) is 4.39 Å². The number of methoxy groups -OCH3 is 1. The van der Waals surface area contributed by atoms with Crippen molar-refractivity contribution in [2.75, 3.05) is 57.9 Å². The van der Waals surface area contributed by atoms with Crippen LogP contribution in [0.25, 0.3) is 0 Å². The number of carbonyl (C=O) groups excluding carboxylic acids is 1. The normalized spacial score (nSPS) is 15.7. The van der Waals surface area contributed by atoms with Crippen LogP contribution < -0.4 is 10.2 Å². The van der Waals surface area contributed by atoms with E-state index < -0.39 is 0 Å². The highest BCUT2D eigenvalue weighted by atomic mass is 19.1. The van der Waals surface area contributed by atoms with Crippen LogP contribution in [0.15, 0.2) is 24.3 Å². The number of ether oxygens (including phenoxy) is 1. The summed E-state index contributed by atoms with van der Waals surface area (Å²) in [4.78, 5) is 16.1. The summed E-state index contributed by atoms with van der Waals surface area (Å²) in [5.74, 6) is -0.0889. The maximum Gasteiger partial charge on any atom is 0.221 e. The molecule has 1 saturated heterocycles. The van der Waals surface area contributed by atoms with Gasteiger partial charge in [-0.15, -0.1) is 0 Å². The lowest BCUT2D eigenvalue weighted by Crippen LogP contribution is -2.47. The summed E-state index contributed by atoms with van der Waals surface area (Å²) in [5, 5.41) is 2.89. The molecule has 0 saturated carbocycles. The Bertz CT molecular complexity index is 490. The van der Waals surface area contributed by atoms with Gasteiger partial charge in [-0.2, -0.15) is 0 Å². The van der Waals surface area contributed by atoms with Crippen molar-refractivity contribution in [1.29, 1.82) is 0 Å². The summed E-state index contributed by atoms with van der Waals surface area (Å²) in [6.07, 6.45) is 1.34. The molecule has 0 radical (unpaired) electrons. The number of nitrogens with zero attached hydrogens (tertiary/aromatic N) is 2. The molecule has 1 aromatic carbocycles. The first kappa shape index (κ1) is 17.7. The van der Waals surface area contributed by atoms with Crippen LogP contribution in [0.1, 0.15) is 12.8 Å². The van der Waals surface area contributed by atoms with Crippen LogP contribution in [0.5, 0.6) is 0 Å². The van der Waals surface area contributed by atoms with Gasteiger partial charge in [0.2, 0.25) is 5.91 Å². The third kappa shape index (κ3) is 5.80. The molecule has 23 heavy (non-hydrogen) atoms. The SMILES string of the molecule is COCCCNC(=O)CCN1CCN(c2ccccc2F)CC1. The first-order valence-corrected chi connectivity index (χ1v) is 8.18. The van der Waals surface area contributed by atoms with E-state index in [9.17, 15) is 9.18 Å². The highest BCUT2D eigenvalue weighted by molar-refractivity contribution is 5.76. The number of carbonyl (C=O) groups is 1. The summed E-state index contributed by atoms with van der Waals surface area (Å²) < 4.78 is 18.7. The average molecular weight is 323 g/mol. The molecule has 1 heterocycles. The van der Waals surface area contributed by atoms with Gasteiger partial charge in [0.25, 0.3) is 0 Å². The maximum absolute atomic E-state index is 13.8. The van der Waals surface area contributed by atoms with Gasteiger partial charge in [0.15, 0.2) is 0 Å². The minimum Gasteiger partial charge on any atom is -0.385 e. The number of piperazine rings is 1. The van der Waals surface area contributed by atoms with Gasteiger partial charge in [-0.05, 0) is 18.6 Å². The van der Waals surface area contributed by atoms with Crippen LogP contribution in [-0.4, -0.2) is 63.8 Å². The number of hydrogen-bond donors (Lipinski definition) is 1. The molecule has 1 fully saturated rings. The minimum atomic E-state index is -0.170. The Labute approximate surface area is 137 Å². The maximum atomic E-state index is 13.8. The van der Waals surface area contributed by atoms with Gasteiger partial charge < -0.3 is 15.0 Å². The largest absolute Gasteiger partial charge is 0.385 e. The third-order valence-corrected chi connectivity index (χ3v) is 4.07. The van der Waals surface area contributed by atoms with Crippen molar-refractivity contribution >= 4 is 11.6 Å². The van der Waals surface area contributed by atoms with Gasteiger partial charge in [0, 0.05) is 59.4 Å². The molecule has 1 aliphatic heterocycles. The zero-order valence-electron chi connectivity index (χ0n) is 13.8. The standard InChI is InChI=1S/C17H26FN3O2/c1-23-14-4-8-19-17(22)7-9-20-10-12-21(13-11-20)16-6-3-2-5-15(16)18/h2-3,5-6H,4,7-14H2,1H3,(H,19,22). The number of hydrogen-bond acceptors (Lipinski definition) is 4. The van der Waals surface area contributed by atoms with E-state index in [1.165, 1.54) is 6.07 Å². The molecule has 0 bridgehead atoms. The number of anilines is 1. The fourth-order valence-corrected chi connectivity index (χ4v) is 2.71. The van der Waals surface area contributed by atoms with Crippen LogP contribution in [-0.2, 0) is 9.53 Å². The molecule has 2 rings (SSSR count). The van der Waals surface area contributed by atoms with Crippen molar-refractivity contribution in [3.05, 3.63) is 30.1 Å². The number of rotatable bonds is 8. The molecular weight excluding hydrogens is 297 g/mol. The smallest absolute Gasteiger partial charge is 0.221 e. The minimum absolute atomic E-state index is 0.0811. The lowest BCUT2D eigenvalue weighted by molar-refractivity contribution is -0.121. The summed E-state index contributed by atoms with van der Waals surface area (Å²) in [6, 6.07) is 6.88. The van der Waals surface area contributed by atoms with E-state index in [1.807, 2.05) is 12.1 Å². The van der Waals surface area contributed by atoms with Crippen molar-refractivity contribution in [3.8, 4) is 0 Å². The van der Waals surface area contributed by atoms with E-state index in [-0.39, 0.29) is 11.7 Å². The predicted molar refractivity (Wildman–Crippen MR) is 89.2 cm³/mol. The molecule has 5 nitrogen and oxygen atoms in total. The molecule has 1 aromatic rings. The van der Waals surface area contributed by atoms with Crippen molar-refractivity contribution in [2.45, 2.75) is 12.8 Å². The summed E-state index contributed by atoms with van der Waals surface area (Å²) in [5.41, 5.74) is 0.669. The van der Waals surface area contributed by atoms with Crippen LogP contribution in [0, 0.1) is 5.82 Å². The Morgan fingerprint density at radius 1 is 1.26 bits per heavy atom. The van der Waals surface area contributed by atoms with Gasteiger partial charge >= 0.3 is 0 Å². The van der Waals surface area contributed by atoms with Gasteiger partial charge in [0.1, 0.15) is 5.82 Å². The van der Waals surface area contributed by atoms with Crippen LogP contribution in [0.3, 0.4) is 0 Å². The molecule has 0 aliphatic carbocycles. The van der Waals surface area contributed by atoms with Crippen LogP contribution in [0.4, 0.5) is 10.1 Å². The molecule has 6 heteroatoms. The van der Waals surface area contributed by atoms with E-state index in [4.69, 9.17) is 4.74 Å². The fraction of sp³-hybridized carbons (Fsp3) is 0.588. The highest BCUT2D eigenvalue weighted by Crippen LogP contribution is 2.20. The second-order valence-corrected chi connectivity index (χ2v) is 5.73.